The molecule has 4 aromatic rings. The van der Waals surface area contributed by atoms with Crippen molar-refractivity contribution in [1.82, 2.24) is 4.40 Å². The Labute approximate surface area is 190 Å². The molecule has 2 aromatic carbocycles. The number of carboxylic acids is 1. The molecule has 0 saturated carbocycles. The summed E-state index contributed by atoms with van der Waals surface area (Å²) in [5.74, 6) is -1.49. The Bertz CT molecular complexity index is 1530. The standard InChI is InChI=1S/C25H19FN2O4S/c1-16-22(13-25(29)30)23-10-5-18(14-27)15-28(23)24(16)12-17-3-2-4-21(11-17)33(31,32)20-8-6-19(26)7-9-20/h2-11,15H,12-13H2,1H3,(H,29,30). The fraction of sp³-hybridized carbons (Fsp3) is 0.120. The molecule has 0 aliphatic heterocycles. The molecule has 0 amide bonds. The maximum absolute atomic E-state index is 13.2. The Morgan fingerprint density at radius 1 is 1.09 bits per heavy atom. The van der Waals surface area contributed by atoms with E-state index in [-0.39, 0.29) is 16.2 Å². The number of aliphatic carboxylic acids is 1. The van der Waals surface area contributed by atoms with Crippen LogP contribution in [0.1, 0.15) is 27.9 Å². The summed E-state index contributed by atoms with van der Waals surface area (Å²) >= 11 is 0. The molecule has 0 spiro atoms. The SMILES string of the molecule is Cc1c(CC(=O)O)c2ccc(C#N)cn2c1Cc1cccc(S(=O)(=O)c2ccc(F)cc2)c1. The summed E-state index contributed by atoms with van der Waals surface area (Å²) in [7, 11) is -3.84. The summed E-state index contributed by atoms with van der Waals surface area (Å²) in [6, 6.07) is 16.6. The number of aromatic nitrogens is 1. The first-order valence-electron chi connectivity index (χ1n) is 10.0. The van der Waals surface area contributed by atoms with Crippen LogP contribution in [0.2, 0.25) is 0 Å². The highest BCUT2D eigenvalue weighted by molar-refractivity contribution is 7.91. The quantitative estimate of drug-likeness (QED) is 0.431. The molecule has 1 N–H and O–H groups in total. The van der Waals surface area contributed by atoms with E-state index in [1.54, 1.807) is 40.9 Å². The summed E-state index contributed by atoms with van der Waals surface area (Å²) in [4.78, 5) is 11.5. The summed E-state index contributed by atoms with van der Waals surface area (Å²) in [5.41, 5.74) is 4.02. The van der Waals surface area contributed by atoms with Gasteiger partial charge in [0.1, 0.15) is 11.9 Å². The largest absolute Gasteiger partial charge is 0.481 e. The van der Waals surface area contributed by atoms with Crippen molar-refractivity contribution in [2.24, 2.45) is 0 Å². The first-order chi connectivity index (χ1) is 15.7. The van der Waals surface area contributed by atoms with E-state index < -0.39 is 21.6 Å². The zero-order valence-electron chi connectivity index (χ0n) is 17.6. The van der Waals surface area contributed by atoms with Crippen molar-refractivity contribution < 1.29 is 22.7 Å². The number of carbonyl (C=O) groups is 1. The molecule has 0 fully saturated rings. The third kappa shape index (κ3) is 4.23. The van der Waals surface area contributed by atoms with Crippen LogP contribution in [-0.2, 0) is 27.5 Å². The number of hydrogen-bond acceptors (Lipinski definition) is 4. The second kappa shape index (κ2) is 8.52. The van der Waals surface area contributed by atoms with Crippen LogP contribution in [0.4, 0.5) is 4.39 Å². The molecule has 6 nitrogen and oxygen atoms in total. The molecule has 0 radical (unpaired) electrons. The highest BCUT2D eigenvalue weighted by atomic mass is 32.2. The van der Waals surface area contributed by atoms with Gasteiger partial charge < -0.3 is 9.51 Å². The molecular formula is C25H19FN2O4S. The van der Waals surface area contributed by atoms with Crippen LogP contribution in [0.5, 0.6) is 0 Å². The number of rotatable bonds is 6. The lowest BCUT2D eigenvalue weighted by Gasteiger charge is -2.09. The van der Waals surface area contributed by atoms with E-state index in [0.717, 1.165) is 23.4 Å². The Balaban J connectivity index is 1.79. The second-order valence-electron chi connectivity index (χ2n) is 7.69. The predicted octanol–water partition coefficient (Wildman–Crippen LogP) is 4.31. The third-order valence-corrected chi connectivity index (χ3v) is 7.36. The highest BCUT2D eigenvalue weighted by Crippen LogP contribution is 2.28. The molecule has 2 aromatic heterocycles. The number of benzene rings is 2. The van der Waals surface area contributed by atoms with Crippen molar-refractivity contribution in [2.75, 3.05) is 0 Å². The fourth-order valence-electron chi connectivity index (χ4n) is 3.94. The van der Waals surface area contributed by atoms with E-state index in [1.165, 1.54) is 18.2 Å². The van der Waals surface area contributed by atoms with E-state index in [9.17, 15) is 28.0 Å². The lowest BCUT2D eigenvalue weighted by atomic mass is 10.0. The third-order valence-electron chi connectivity index (χ3n) is 5.60. The molecule has 166 valence electrons. The molecule has 4 rings (SSSR count). The Morgan fingerprint density at radius 2 is 1.82 bits per heavy atom. The van der Waals surface area contributed by atoms with Crippen LogP contribution in [-0.4, -0.2) is 23.9 Å². The Morgan fingerprint density at radius 3 is 2.48 bits per heavy atom. The van der Waals surface area contributed by atoms with Crippen molar-refractivity contribution in [3.05, 3.63) is 101 Å². The maximum atomic E-state index is 13.2. The summed E-state index contributed by atoms with van der Waals surface area (Å²) < 4.78 is 41.0. The second-order valence-corrected chi connectivity index (χ2v) is 9.64. The van der Waals surface area contributed by atoms with E-state index >= 15 is 0 Å². The minimum Gasteiger partial charge on any atom is -0.481 e. The molecule has 33 heavy (non-hydrogen) atoms. The van der Waals surface area contributed by atoms with Gasteiger partial charge in [-0.2, -0.15) is 5.26 Å². The normalized spacial score (nSPS) is 11.4. The predicted molar refractivity (Wildman–Crippen MR) is 119 cm³/mol. The zero-order chi connectivity index (χ0) is 23.8. The molecule has 8 heteroatoms. The van der Waals surface area contributed by atoms with Crippen molar-refractivity contribution >= 4 is 21.3 Å². The van der Waals surface area contributed by atoms with Gasteiger partial charge in [-0.3, -0.25) is 4.79 Å². The molecule has 0 saturated heterocycles. The van der Waals surface area contributed by atoms with Crippen molar-refractivity contribution in [3.8, 4) is 6.07 Å². The number of halogens is 1. The summed E-state index contributed by atoms with van der Waals surface area (Å²) in [6.07, 6.45) is 1.82. The first kappa shape index (κ1) is 22.2. The van der Waals surface area contributed by atoms with Gasteiger partial charge in [0.25, 0.3) is 0 Å². The van der Waals surface area contributed by atoms with Crippen LogP contribution < -0.4 is 0 Å². The number of fused-ring (bicyclic) bond motifs is 1. The lowest BCUT2D eigenvalue weighted by molar-refractivity contribution is -0.136. The zero-order valence-corrected chi connectivity index (χ0v) is 18.4. The van der Waals surface area contributed by atoms with E-state index in [1.807, 2.05) is 6.92 Å². The van der Waals surface area contributed by atoms with Crippen LogP contribution >= 0.6 is 0 Å². The maximum Gasteiger partial charge on any atom is 0.307 e. The van der Waals surface area contributed by atoms with Crippen LogP contribution in [0.3, 0.4) is 0 Å². The minimum absolute atomic E-state index is 0.00669. The molecule has 0 atom stereocenters. The molecule has 0 aliphatic rings. The topological polar surface area (TPSA) is 99.6 Å². The number of nitriles is 1. The fourth-order valence-corrected chi connectivity index (χ4v) is 5.27. The molecule has 0 aliphatic carbocycles. The number of sulfone groups is 1. The van der Waals surface area contributed by atoms with Crippen molar-refractivity contribution in [2.45, 2.75) is 29.6 Å². The van der Waals surface area contributed by atoms with Crippen molar-refractivity contribution in [3.63, 3.8) is 0 Å². The van der Waals surface area contributed by atoms with Gasteiger partial charge in [-0.05, 0) is 72.1 Å². The van der Waals surface area contributed by atoms with Gasteiger partial charge in [-0.25, -0.2) is 12.8 Å². The Kier molecular flexibility index (Phi) is 5.75. The molecule has 0 bridgehead atoms. The van der Waals surface area contributed by atoms with Gasteiger partial charge in [0.15, 0.2) is 0 Å². The minimum atomic E-state index is -3.84. The van der Waals surface area contributed by atoms with Gasteiger partial charge in [0.2, 0.25) is 9.84 Å². The van der Waals surface area contributed by atoms with Crippen LogP contribution in [0.25, 0.3) is 5.52 Å². The van der Waals surface area contributed by atoms with Gasteiger partial charge in [-0.1, -0.05) is 12.1 Å². The average molecular weight is 463 g/mol. The smallest absolute Gasteiger partial charge is 0.307 e. The molecule has 2 heterocycles. The van der Waals surface area contributed by atoms with Crippen LogP contribution in [0.15, 0.2) is 76.7 Å². The summed E-state index contributed by atoms with van der Waals surface area (Å²) in [5, 5.41) is 18.7. The van der Waals surface area contributed by atoms with E-state index in [2.05, 4.69) is 6.07 Å². The Hall–Kier alpha value is -3.96. The summed E-state index contributed by atoms with van der Waals surface area (Å²) in [6.45, 7) is 1.83. The number of pyridine rings is 1. The van der Waals surface area contributed by atoms with Crippen LogP contribution in [0, 0.1) is 24.1 Å². The van der Waals surface area contributed by atoms with E-state index in [0.29, 0.717) is 28.6 Å². The number of nitrogens with zero attached hydrogens (tertiary/aromatic N) is 2. The monoisotopic (exact) mass is 462 g/mol. The van der Waals surface area contributed by atoms with Gasteiger partial charge in [-0.15, -0.1) is 0 Å². The number of carboxylic acid groups (broad SMARTS) is 1. The molecular weight excluding hydrogens is 443 g/mol. The van der Waals surface area contributed by atoms with Gasteiger partial charge in [0.05, 0.1) is 21.8 Å². The average Bonchev–Trinajstić information content (AvgIpc) is 3.04. The first-order valence-corrected chi connectivity index (χ1v) is 11.5. The van der Waals surface area contributed by atoms with Gasteiger partial charge in [0, 0.05) is 23.8 Å². The highest BCUT2D eigenvalue weighted by Gasteiger charge is 2.20. The van der Waals surface area contributed by atoms with E-state index in [4.69, 9.17) is 0 Å². The lowest BCUT2D eigenvalue weighted by Crippen LogP contribution is -2.04. The molecule has 0 unspecified atom stereocenters. The number of hydrogen-bond donors (Lipinski definition) is 1. The van der Waals surface area contributed by atoms with Crippen molar-refractivity contribution in [1.29, 1.82) is 5.26 Å². The van der Waals surface area contributed by atoms with Gasteiger partial charge >= 0.3 is 5.97 Å².